The van der Waals surface area contributed by atoms with Crippen LogP contribution in [0.5, 0.6) is 0 Å². The summed E-state index contributed by atoms with van der Waals surface area (Å²) in [7, 11) is -3.07. The number of likely N-dealkylation sites (tertiary alicyclic amines) is 1. The van der Waals surface area contributed by atoms with E-state index >= 15 is 0 Å². The fourth-order valence-corrected chi connectivity index (χ4v) is 3.39. The molecule has 2 rings (SSSR count). The van der Waals surface area contributed by atoms with Crippen LogP contribution in [-0.2, 0) is 10.0 Å². The van der Waals surface area contributed by atoms with E-state index in [-0.39, 0.29) is 5.75 Å². The van der Waals surface area contributed by atoms with Crippen molar-refractivity contribution in [3.05, 3.63) is 0 Å². The maximum absolute atomic E-state index is 11.4. The zero-order valence-electron chi connectivity index (χ0n) is 10.5. The molecular weight excluding hydrogens is 238 g/mol. The van der Waals surface area contributed by atoms with Crippen LogP contribution in [0, 0.1) is 0 Å². The van der Waals surface area contributed by atoms with E-state index in [1.807, 2.05) is 0 Å². The summed E-state index contributed by atoms with van der Waals surface area (Å²) in [4.78, 5) is 2.52. The Morgan fingerprint density at radius 2 is 2.06 bits per heavy atom. The Morgan fingerprint density at radius 3 is 2.71 bits per heavy atom. The second-order valence-corrected chi connectivity index (χ2v) is 6.91. The van der Waals surface area contributed by atoms with E-state index in [1.165, 1.54) is 19.4 Å². The predicted molar refractivity (Wildman–Crippen MR) is 68.5 cm³/mol. The predicted octanol–water partition coefficient (Wildman–Crippen LogP) is -0.248. The van der Waals surface area contributed by atoms with Crippen LogP contribution in [0.3, 0.4) is 0 Å². The minimum absolute atomic E-state index is 0.181. The molecule has 2 aliphatic rings. The maximum Gasteiger partial charge on any atom is 0.212 e. The first-order chi connectivity index (χ1) is 8.11. The molecule has 17 heavy (non-hydrogen) atoms. The third-order valence-corrected chi connectivity index (χ3v) is 4.92. The third kappa shape index (κ3) is 4.21. The molecule has 1 unspecified atom stereocenters. The lowest BCUT2D eigenvalue weighted by Gasteiger charge is -2.15. The van der Waals surface area contributed by atoms with Gasteiger partial charge in [-0.1, -0.05) is 6.92 Å². The molecule has 0 radical (unpaired) electrons. The van der Waals surface area contributed by atoms with Gasteiger partial charge in [0.05, 0.1) is 5.75 Å². The van der Waals surface area contributed by atoms with Gasteiger partial charge in [0.1, 0.15) is 0 Å². The summed E-state index contributed by atoms with van der Waals surface area (Å²) in [5, 5.41) is 3.35. The Morgan fingerprint density at radius 1 is 1.29 bits per heavy atom. The van der Waals surface area contributed by atoms with Crippen LogP contribution >= 0.6 is 0 Å². The first-order valence-electron chi connectivity index (χ1n) is 6.55. The van der Waals surface area contributed by atoms with Crippen molar-refractivity contribution in [1.29, 1.82) is 0 Å². The van der Waals surface area contributed by atoms with Crippen molar-refractivity contribution in [3.8, 4) is 0 Å². The molecule has 1 saturated carbocycles. The molecule has 0 amide bonds. The molecule has 1 heterocycles. The number of rotatable bonds is 7. The van der Waals surface area contributed by atoms with Crippen molar-refractivity contribution in [2.24, 2.45) is 0 Å². The molecular formula is C11H23N3O2S. The highest BCUT2D eigenvalue weighted by Crippen LogP contribution is 2.29. The van der Waals surface area contributed by atoms with Crippen molar-refractivity contribution in [1.82, 2.24) is 14.9 Å². The van der Waals surface area contributed by atoms with Gasteiger partial charge < -0.3 is 5.32 Å². The summed E-state index contributed by atoms with van der Waals surface area (Å²) < 4.78 is 25.4. The number of hydrogen-bond acceptors (Lipinski definition) is 4. The van der Waals surface area contributed by atoms with Crippen molar-refractivity contribution < 1.29 is 8.42 Å². The molecule has 1 aliphatic heterocycles. The Bertz CT molecular complexity index is 341. The Balaban J connectivity index is 1.62. The standard InChI is InChI=1S/C11H23N3O2S/c1-2-13-17(15,16)8-6-12-10-5-7-14(9-10)11-3-4-11/h10-13H,2-9H2,1H3. The fraction of sp³-hybridized carbons (Fsp3) is 1.00. The van der Waals surface area contributed by atoms with E-state index in [9.17, 15) is 8.42 Å². The topological polar surface area (TPSA) is 61.4 Å². The Hall–Kier alpha value is -0.170. The first kappa shape index (κ1) is 13.3. The molecule has 0 spiro atoms. The van der Waals surface area contributed by atoms with Crippen molar-refractivity contribution >= 4 is 10.0 Å². The van der Waals surface area contributed by atoms with Gasteiger partial charge in [-0.2, -0.15) is 0 Å². The second kappa shape index (κ2) is 5.65. The highest BCUT2D eigenvalue weighted by atomic mass is 32.2. The summed E-state index contributed by atoms with van der Waals surface area (Å²) in [6, 6.07) is 1.31. The maximum atomic E-state index is 11.4. The molecule has 100 valence electrons. The number of sulfonamides is 1. The Labute approximate surface area is 104 Å². The normalized spacial score (nSPS) is 26.5. The van der Waals surface area contributed by atoms with Gasteiger partial charge in [-0.25, -0.2) is 13.1 Å². The molecule has 1 saturated heterocycles. The third-order valence-electron chi connectivity index (χ3n) is 3.45. The van der Waals surface area contributed by atoms with E-state index in [2.05, 4.69) is 14.9 Å². The van der Waals surface area contributed by atoms with Gasteiger partial charge in [0.2, 0.25) is 10.0 Å². The summed E-state index contributed by atoms with van der Waals surface area (Å²) in [5.74, 6) is 0.181. The minimum Gasteiger partial charge on any atom is -0.312 e. The molecule has 0 aromatic carbocycles. The number of hydrogen-bond donors (Lipinski definition) is 2. The van der Waals surface area contributed by atoms with E-state index < -0.39 is 10.0 Å². The Kier molecular flexibility index (Phi) is 4.41. The van der Waals surface area contributed by atoms with Gasteiger partial charge in [-0.15, -0.1) is 0 Å². The highest BCUT2D eigenvalue weighted by molar-refractivity contribution is 7.89. The van der Waals surface area contributed by atoms with Gasteiger partial charge in [0.25, 0.3) is 0 Å². The van der Waals surface area contributed by atoms with E-state index in [4.69, 9.17) is 0 Å². The average molecular weight is 261 g/mol. The lowest BCUT2D eigenvalue weighted by molar-refractivity contribution is 0.318. The van der Waals surface area contributed by atoms with Gasteiger partial charge in [-0.3, -0.25) is 4.90 Å². The average Bonchev–Trinajstić information content (AvgIpc) is 2.99. The van der Waals surface area contributed by atoms with E-state index in [0.717, 1.165) is 19.0 Å². The molecule has 2 N–H and O–H groups in total. The van der Waals surface area contributed by atoms with Crippen LogP contribution in [0.4, 0.5) is 0 Å². The largest absolute Gasteiger partial charge is 0.312 e. The van der Waals surface area contributed by atoms with Crippen LogP contribution in [0.25, 0.3) is 0 Å². The van der Waals surface area contributed by atoms with Crippen molar-refractivity contribution in [2.45, 2.75) is 38.3 Å². The highest BCUT2D eigenvalue weighted by Gasteiger charge is 2.34. The fourth-order valence-electron chi connectivity index (χ4n) is 2.41. The summed E-state index contributed by atoms with van der Waals surface area (Å²) in [6.07, 6.45) is 3.85. The quantitative estimate of drug-likeness (QED) is 0.663. The molecule has 1 atom stereocenters. The SMILES string of the molecule is CCNS(=O)(=O)CCNC1CCN(C2CC2)C1. The van der Waals surface area contributed by atoms with Gasteiger partial charge in [0, 0.05) is 38.3 Å². The molecule has 0 aromatic heterocycles. The summed E-state index contributed by atoms with van der Waals surface area (Å²) >= 11 is 0. The molecule has 0 bridgehead atoms. The molecule has 6 heteroatoms. The number of nitrogens with zero attached hydrogens (tertiary/aromatic N) is 1. The van der Waals surface area contributed by atoms with Crippen LogP contribution in [0.2, 0.25) is 0 Å². The zero-order chi connectivity index (χ0) is 12.3. The van der Waals surface area contributed by atoms with Gasteiger partial charge in [-0.05, 0) is 19.3 Å². The smallest absolute Gasteiger partial charge is 0.212 e. The van der Waals surface area contributed by atoms with Crippen LogP contribution < -0.4 is 10.0 Å². The minimum atomic E-state index is -3.07. The van der Waals surface area contributed by atoms with Crippen molar-refractivity contribution in [3.63, 3.8) is 0 Å². The van der Waals surface area contributed by atoms with Crippen molar-refractivity contribution in [2.75, 3.05) is 31.9 Å². The van der Waals surface area contributed by atoms with E-state index in [1.54, 1.807) is 6.92 Å². The van der Waals surface area contributed by atoms with Gasteiger partial charge in [0.15, 0.2) is 0 Å². The summed E-state index contributed by atoms with van der Waals surface area (Å²) in [6.45, 7) is 5.09. The molecule has 1 aliphatic carbocycles. The number of nitrogens with one attached hydrogen (secondary N) is 2. The van der Waals surface area contributed by atoms with Crippen LogP contribution in [0.15, 0.2) is 0 Å². The molecule has 5 nitrogen and oxygen atoms in total. The van der Waals surface area contributed by atoms with E-state index in [0.29, 0.717) is 19.1 Å². The monoisotopic (exact) mass is 261 g/mol. The van der Waals surface area contributed by atoms with Crippen LogP contribution in [0.1, 0.15) is 26.2 Å². The first-order valence-corrected chi connectivity index (χ1v) is 8.20. The second-order valence-electron chi connectivity index (χ2n) is 4.98. The van der Waals surface area contributed by atoms with Crippen LogP contribution in [-0.4, -0.2) is 57.3 Å². The van der Waals surface area contributed by atoms with Gasteiger partial charge >= 0.3 is 0 Å². The lowest BCUT2D eigenvalue weighted by atomic mass is 10.3. The lowest BCUT2D eigenvalue weighted by Crippen LogP contribution is -2.38. The zero-order valence-corrected chi connectivity index (χ0v) is 11.3. The molecule has 0 aromatic rings. The summed E-state index contributed by atoms with van der Waals surface area (Å²) in [5.41, 5.74) is 0. The molecule has 2 fully saturated rings.